The second-order valence-electron chi connectivity index (χ2n) is 12.3. The van der Waals surface area contributed by atoms with Crippen LogP contribution < -0.4 is 0 Å². The summed E-state index contributed by atoms with van der Waals surface area (Å²) in [5, 5.41) is 23.8. The summed E-state index contributed by atoms with van der Waals surface area (Å²) in [4.78, 5) is 25.0. The number of hydrogen-bond donors (Lipinski definition) is 2. The molecule has 0 radical (unpaired) electrons. The Labute approximate surface area is 209 Å². The van der Waals surface area contributed by atoms with Gasteiger partial charge in [-0.1, -0.05) is 6.92 Å². The molecule has 9 heteroatoms. The van der Waals surface area contributed by atoms with Gasteiger partial charge in [0, 0.05) is 43.1 Å². The Kier molecular flexibility index (Phi) is 4.54. The number of aldehydes is 1. The molecule has 196 valence electrons. The number of allylic oxidation sites excluding steroid dienone is 2. The van der Waals surface area contributed by atoms with E-state index in [9.17, 15) is 19.8 Å². The van der Waals surface area contributed by atoms with Gasteiger partial charge in [-0.15, -0.1) is 0 Å². The molecular weight excluding hydrogens is 468 g/mol. The summed E-state index contributed by atoms with van der Waals surface area (Å²) in [6.07, 6.45) is 6.76. The van der Waals surface area contributed by atoms with Crippen LogP contribution in [0.15, 0.2) is 24.0 Å². The first kappa shape index (κ1) is 23.3. The number of fused-ring (bicyclic) bond motifs is 1. The molecule has 4 aliphatic heterocycles. The molecule has 8 aliphatic rings. The van der Waals surface area contributed by atoms with E-state index in [1.165, 1.54) is 13.2 Å². The lowest BCUT2D eigenvalue weighted by atomic mass is 9.39. The number of rotatable bonds is 3. The van der Waals surface area contributed by atoms with Crippen LogP contribution in [0.5, 0.6) is 0 Å². The van der Waals surface area contributed by atoms with Crippen LogP contribution >= 0.6 is 0 Å². The molecule has 9 nitrogen and oxygen atoms in total. The van der Waals surface area contributed by atoms with E-state index < -0.39 is 58.2 Å². The smallest absolute Gasteiger partial charge is 0.330 e. The van der Waals surface area contributed by atoms with Gasteiger partial charge in [-0.3, -0.25) is 0 Å². The Bertz CT molecular complexity index is 1090. The van der Waals surface area contributed by atoms with Crippen molar-refractivity contribution in [1.29, 1.82) is 0 Å². The van der Waals surface area contributed by atoms with Crippen molar-refractivity contribution in [2.75, 3.05) is 7.11 Å². The van der Waals surface area contributed by atoms with Crippen LogP contribution in [-0.2, 0) is 33.3 Å². The number of aliphatic hydroxyl groups is 2. The van der Waals surface area contributed by atoms with Gasteiger partial charge in [0.15, 0.2) is 0 Å². The van der Waals surface area contributed by atoms with Crippen LogP contribution in [-0.4, -0.2) is 71.2 Å². The Hall–Kier alpha value is -1.78. The standard InChI is InChI=1S/C27H34O9/c1-23-16-7-9-27(23,33-12-14(16)4-5-19(29)32-3)17-6-8-25-11-15-10-18(35-24(2,34-15)36-25)26(25,13-28)20(17)21(30)22(23)31/h4-5,12-13,15-18,20-22,30-31H,6-11H2,1-3H3/b5-4+/t15-,16+,17+,18+,20+,21-,22-,23-,24+,25-,26+,27-/m0/s1. The van der Waals surface area contributed by atoms with E-state index in [1.54, 1.807) is 19.3 Å². The number of hydrogen-bond acceptors (Lipinski definition) is 9. The highest BCUT2D eigenvalue weighted by Gasteiger charge is 2.83. The van der Waals surface area contributed by atoms with Gasteiger partial charge in [0.1, 0.15) is 11.9 Å². The minimum atomic E-state index is -1.19. The van der Waals surface area contributed by atoms with Gasteiger partial charge >= 0.3 is 5.97 Å². The number of carbonyl (C=O) groups excluding carboxylic acids is 2. The van der Waals surface area contributed by atoms with E-state index in [2.05, 4.69) is 0 Å². The van der Waals surface area contributed by atoms with Gasteiger partial charge in [0.05, 0.1) is 48.8 Å². The summed E-state index contributed by atoms with van der Waals surface area (Å²) in [6, 6.07) is 0. The maximum Gasteiger partial charge on any atom is 0.330 e. The highest BCUT2D eigenvalue weighted by atomic mass is 16.9. The van der Waals surface area contributed by atoms with Gasteiger partial charge in [0.2, 0.25) is 0 Å². The lowest BCUT2D eigenvalue weighted by Crippen LogP contribution is -2.84. The molecule has 1 spiro atoms. The average Bonchev–Trinajstić information content (AvgIpc) is 3.01. The first-order valence-corrected chi connectivity index (χ1v) is 13.1. The normalized spacial score (nSPS) is 57.9. The molecule has 0 aromatic rings. The molecule has 0 unspecified atom stereocenters. The third-order valence-corrected chi connectivity index (χ3v) is 11.3. The minimum absolute atomic E-state index is 0.0601. The molecule has 7 fully saturated rings. The molecule has 3 saturated heterocycles. The number of carbonyl (C=O) groups is 2. The van der Waals surface area contributed by atoms with Crippen LogP contribution in [0.3, 0.4) is 0 Å². The van der Waals surface area contributed by atoms with E-state index in [4.69, 9.17) is 23.7 Å². The first-order chi connectivity index (χ1) is 17.1. The second-order valence-corrected chi connectivity index (χ2v) is 12.3. The van der Waals surface area contributed by atoms with Crippen molar-refractivity contribution in [3.63, 3.8) is 0 Å². The van der Waals surface area contributed by atoms with Gasteiger partial charge in [-0.25, -0.2) is 4.79 Å². The molecule has 6 bridgehead atoms. The molecule has 8 rings (SSSR count). The first-order valence-electron chi connectivity index (χ1n) is 13.1. The van der Waals surface area contributed by atoms with Crippen molar-refractivity contribution in [2.24, 2.45) is 28.6 Å². The van der Waals surface area contributed by atoms with E-state index in [-0.39, 0.29) is 17.9 Å². The van der Waals surface area contributed by atoms with Gasteiger partial charge < -0.3 is 38.7 Å². The summed E-state index contributed by atoms with van der Waals surface area (Å²) in [5.74, 6) is -2.54. The molecule has 0 aromatic carbocycles. The molecule has 4 heterocycles. The number of aliphatic hydroxyl groups excluding tert-OH is 2. The number of esters is 1. The molecular formula is C27H34O9. The Balaban J connectivity index is 1.35. The third-order valence-electron chi connectivity index (χ3n) is 11.3. The zero-order valence-electron chi connectivity index (χ0n) is 20.8. The van der Waals surface area contributed by atoms with Crippen LogP contribution in [0.1, 0.15) is 52.4 Å². The van der Waals surface area contributed by atoms with E-state index in [0.29, 0.717) is 32.1 Å². The fourth-order valence-electron chi connectivity index (χ4n) is 10.1. The Morgan fingerprint density at radius 1 is 1.19 bits per heavy atom. The zero-order chi connectivity index (χ0) is 25.3. The largest absolute Gasteiger partial charge is 0.494 e. The Morgan fingerprint density at radius 2 is 2.00 bits per heavy atom. The van der Waals surface area contributed by atoms with Crippen molar-refractivity contribution < 1.29 is 43.5 Å². The summed E-state index contributed by atoms with van der Waals surface area (Å²) in [5.41, 5.74) is -2.67. The molecule has 36 heavy (non-hydrogen) atoms. The van der Waals surface area contributed by atoms with Crippen molar-refractivity contribution >= 4 is 12.3 Å². The second kappa shape index (κ2) is 6.99. The highest BCUT2D eigenvalue weighted by molar-refractivity contribution is 5.82. The number of methoxy groups -OCH3 is 1. The highest BCUT2D eigenvalue weighted by Crippen LogP contribution is 2.75. The monoisotopic (exact) mass is 502 g/mol. The topological polar surface area (TPSA) is 121 Å². The maximum atomic E-state index is 13.2. The molecule has 4 aliphatic carbocycles. The Morgan fingerprint density at radius 3 is 2.72 bits per heavy atom. The van der Waals surface area contributed by atoms with E-state index in [1.807, 2.05) is 6.92 Å². The van der Waals surface area contributed by atoms with Crippen LogP contribution in [0.4, 0.5) is 0 Å². The molecule has 12 atom stereocenters. The van der Waals surface area contributed by atoms with Crippen LogP contribution in [0.25, 0.3) is 0 Å². The predicted octanol–water partition coefficient (Wildman–Crippen LogP) is 1.75. The minimum Gasteiger partial charge on any atom is -0.494 e. The third kappa shape index (κ3) is 2.37. The maximum absolute atomic E-state index is 13.2. The number of ether oxygens (including phenoxy) is 5. The fraction of sp³-hybridized carbons (Fsp3) is 0.778. The summed E-state index contributed by atoms with van der Waals surface area (Å²) in [6.45, 7) is 3.75. The van der Waals surface area contributed by atoms with Crippen molar-refractivity contribution in [3.8, 4) is 0 Å². The van der Waals surface area contributed by atoms with E-state index in [0.717, 1.165) is 18.3 Å². The predicted molar refractivity (Wildman–Crippen MR) is 122 cm³/mol. The van der Waals surface area contributed by atoms with Crippen LogP contribution in [0, 0.1) is 28.6 Å². The van der Waals surface area contributed by atoms with Crippen LogP contribution in [0.2, 0.25) is 0 Å². The van der Waals surface area contributed by atoms with Crippen molar-refractivity contribution in [2.45, 2.75) is 94.0 Å². The van der Waals surface area contributed by atoms with Gasteiger partial charge in [-0.2, -0.15) is 0 Å². The summed E-state index contributed by atoms with van der Waals surface area (Å²) >= 11 is 0. The van der Waals surface area contributed by atoms with Crippen molar-refractivity contribution in [1.82, 2.24) is 0 Å². The summed E-state index contributed by atoms with van der Waals surface area (Å²) in [7, 11) is 1.32. The van der Waals surface area contributed by atoms with E-state index >= 15 is 0 Å². The fourth-order valence-corrected chi connectivity index (χ4v) is 10.1. The molecule has 4 saturated carbocycles. The molecule has 2 N–H and O–H groups in total. The quantitative estimate of drug-likeness (QED) is 0.338. The van der Waals surface area contributed by atoms with Gasteiger partial charge in [-0.05, 0) is 43.3 Å². The lowest BCUT2D eigenvalue weighted by molar-refractivity contribution is -0.544. The average molecular weight is 503 g/mol. The SMILES string of the molecule is COC(=O)/C=C/C1=CO[C@]23CC[C@H]1[C@@]2(C)[C@@H](O)[C@@H](O)[C@H]1[C@H]3CC[C@@]23C[C@@H]4C[C@@H](O[C@@](C)(O4)O2)[C@]13C=O. The summed E-state index contributed by atoms with van der Waals surface area (Å²) < 4.78 is 30.1. The molecule has 0 amide bonds. The zero-order valence-corrected chi connectivity index (χ0v) is 20.8. The lowest BCUT2D eigenvalue weighted by Gasteiger charge is -2.74. The van der Waals surface area contributed by atoms with Crippen molar-refractivity contribution in [3.05, 3.63) is 24.0 Å². The van der Waals surface area contributed by atoms with Gasteiger partial charge in [0.25, 0.3) is 5.97 Å². The molecule has 0 aromatic heterocycles.